The van der Waals surface area contributed by atoms with Crippen LogP contribution >= 0.6 is 11.6 Å². The highest BCUT2D eigenvalue weighted by molar-refractivity contribution is 6.39. The van der Waals surface area contributed by atoms with Gasteiger partial charge in [-0.05, 0) is 66.9 Å². The van der Waals surface area contributed by atoms with Crippen LogP contribution in [0.4, 0.5) is 36.4 Å². The molecule has 284 valence electrons. The first-order valence-corrected chi connectivity index (χ1v) is 16.7. The van der Waals surface area contributed by atoms with Crippen LogP contribution in [-0.2, 0) is 19.9 Å². The van der Waals surface area contributed by atoms with Crippen molar-refractivity contribution in [2.24, 2.45) is 0 Å². The molecular formula is C35H30ClF3N10O6. The second-order valence-electron chi connectivity index (χ2n) is 12.1. The van der Waals surface area contributed by atoms with E-state index in [9.17, 15) is 37.5 Å². The largest absolute Gasteiger partial charge is 0.480 e. The van der Waals surface area contributed by atoms with Gasteiger partial charge in [-0.1, -0.05) is 35.9 Å². The van der Waals surface area contributed by atoms with Crippen molar-refractivity contribution in [3.05, 3.63) is 101 Å². The van der Waals surface area contributed by atoms with Crippen LogP contribution in [0, 0.1) is 0 Å². The molecule has 1 fully saturated rings. The second-order valence-corrected chi connectivity index (χ2v) is 12.6. The van der Waals surface area contributed by atoms with E-state index in [1.807, 2.05) is 12.1 Å². The number of H-pyrrole nitrogens is 1. The maximum atomic E-state index is 12.9. The highest BCUT2D eigenvalue weighted by atomic mass is 35.5. The molecule has 20 heteroatoms. The molecule has 1 saturated carbocycles. The normalized spacial score (nSPS) is 13.5. The summed E-state index contributed by atoms with van der Waals surface area (Å²) < 4.78 is 43.6. The number of benzene rings is 3. The number of ether oxygens (including phenoxy) is 1. The molecule has 16 nitrogen and oxygen atoms in total. The van der Waals surface area contributed by atoms with E-state index in [4.69, 9.17) is 16.3 Å². The van der Waals surface area contributed by atoms with E-state index in [2.05, 4.69) is 51.5 Å². The van der Waals surface area contributed by atoms with Gasteiger partial charge in [-0.25, -0.2) is 9.78 Å². The molecule has 1 aliphatic rings. The molecule has 6 rings (SSSR count). The Morgan fingerprint density at radius 2 is 1.65 bits per heavy atom. The van der Waals surface area contributed by atoms with E-state index >= 15 is 0 Å². The van der Waals surface area contributed by atoms with E-state index < -0.39 is 60.6 Å². The molecule has 2 heterocycles. The van der Waals surface area contributed by atoms with Gasteiger partial charge in [-0.2, -0.15) is 28.1 Å². The Morgan fingerprint density at radius 3 is 2.31 bits per heavy atom. The molecule has 7 N–H and O–H groups in total. The van der Waals surface area contributed by atoms with Crippen LogP contribution in [-0.4, -0.2) is 79.1 Å². The highest BCUT2D eigenvalue weighted by Gasteiger charge is 2.45. The summed E-state index contributed by atoms with van der Waals surface area (Å²) in [5.41, 5.74) is 1.56. The van der Waals surface area contributed by atoms with E-state index in [0.717, 1.165) is 5.56 Å². The molecule has 2 aromatic heterocycles. The van der Waals surface area contributed by atoms with Crippen LogP contribution in [0.2, 0.25) is 5.02 Å². The molecule has 5 aromatic rings. The van der Waals surface area contributed by atoms with E-state index in [1.165, 1.54) is 24.3 Å². The molecular weight excluding hydrogens is 749 g/mol. The van der Waals surface area contributed by atoms with Crippen LogP contribution in [0.15, 0.2) is 85.2 Å². The van der Waals surface area contributed by atoms with Gasteiger partial charge in [-0.15, -0.1) is 0 Å². The predicted molar refractivity (Wildman–Crippen MR) is 192 cm³/mol. The number of aliphatic carboxylic acids is 1. The lowest BCUT2D eigenvalue weighted by Crippen LogP contribution is -2.50. The Balaban J connectivity index is 1.07. The number of halogens is 4. The van der Waals surface area contributed by atoms with Gasteiger partial charge in [0, 0.05) is 46.5 Å². The quantitative estimate of drug-likeness (QED) is 0.0766. The summed E-state index contributed by atoms with van der Waals surface area (Å²) in [6, 6.07) is 16.9. The molecule has 0 unspecified atom stereocenters. The summed E-state index contributed by atoms with van der Waals surface area (Å²) in [6.45, 7) is -2.26. The number of aromatic amines is 1. The van der Waals surface area contributed by atoms with Crippen LogP contribution in [0.5, 0.6) is 6.01 Å². The number of anilines is 4. The number of carbonyl (C=O) groups excluding carboxylic acids is 3. The van der Waals surface area contributed by atoms with Crippen LogP contribution in [0.3, 0.4) is 0 Å². The minimum atomic E-state index is -4.65. The zero-order chi connectivity index (χ0) is 39.2. The van der Waals surface area contributed by atoms with Crippen molar-refractivity contribution < 1.29 is 42.2 Å². The van der Waals surface area contributed by atoms with Gasteiger partial charge >= 0.3 is 30.0 Å². The second kappa shape index (κ2) is 16.1. The van der Waals surface area contributed by atoms with Crippen molar-refractivity contribution in [2.45, 2.75) is 30.6 Å². The van der Waals surface area contributed by atoms with Crippen LogP contribution < -0.4 is 31.3 Å². The monoisotopic (exact) mass is 778 g/mol. The maximum absolute atomic E-state index is 12.9. The molecule has 0 saturated heterocycles. The Kier molecular flexibility index (Phi) is 11.1. The molecule has 3 aromatic carbocycles. The predicted octanol–water partition coefficient (Wildman–Crippen LogP) is 4.64. The number of alkyl halides is 3. The molecule has 3 amide bonds. The maximum Gasteiger partial charge on any atom is 0.422 e. The van der Waals surface area contributed by atoms with Gasteiger partial charge in [0.15, 0.2) is 6.61 Å². The minimum absolute atomic E-state index is 0.0168. The SMILES string of the molecule is O=C(NC[C@H](NC(=O)c1ccc(Nc2nc(NC3(c4ccc(Cl)cc4)CC3)nc(OCC(F)(F)F)n2)cc1)C(=O)O)C(=O)Nc1cccc(-c2ncc[nH]2)c1. The lowest BCUT2D eigenvalue weighted by Gasteiger charge is -2.19. The summed E-state index contributed by atoms with van der Waals surface area (Å²) in [5.74, 6) is -4.19. The number of hydrogen-bond acceptors (Lipinski definition) is 11. The number of aromatic nitrogens is 5. The van der Waals surface area contributed by atoms with Gasteiger partial charge in [-0.3, -0.25) is 14.4 Å². The first-order valence-electron chi connectivity index (χ1n) is 16.3. The van der Waals surface area contributed by atoms with Crippen LogP contribution in [0.1, 0.15) is 28.8 Å². The Labute approximate surface area is 314 Å². The smallest absolute Gasteiger partial charge is 0.422 e. The van der Waals surface area contributed by atoms with E-state index in [1.54, 1.807) is 48.8 Å². The lowest BCUT2D eigenvalue weighted by molar-refractivity contribution is -0.154. The number of carbonyl (C=O) groups is 4. The number of imidazole rings is 1. The fourth-order valence-corrected chi connectivity index (χ4v) is 5.30. The number of rotatable bonds is 14. The third-order valence-electron chi connectivity index (χ3n) is 8.05. The number of nitrogens with zero attached hydrogens (tertiary/aromatic N) is 4. The van der Waals surface area contributed by atoms with Crippen molar-refractivity contribution in [1.82, 2.24) is 35.6 Å². The van der Waals surface area contributed by atoms with Crippen molar-refractivity contribution in [2.75, 3.05) is 29.1 Å². The fraction of sp³-hybridized carbons (Fsp3) is 0.200. The zero-order valence-electron chi connectivity index (χ0n) is 28.3. The molecule has 0 bridgehead atoms. The van der Waals surface area contributed by atoms with Gasteiger partial charge in [0.2, 0.25) is 11.9 Å². The molecule has 1 atom stereocenters. The van der Waals surface area contributed by atoms with Crippen molar-refractivity contribution >= 4 is 58.6 Å². The summed E-state index contributed by atoms with van der Waals surface area (Å²) in [4.78, 5) is 69.1. The van der Waals surface area contributed by atoms with Gasteiger partial charge < -0.3 is 41.4 Å². The standard InChI is InChI=1S/C35H30ClF3N10O6/c36-22-8-6-21(7-9-22)34(12-13-34)49-32-46-31(47-33(48-32)55-18-35(37,38)39)44-23-10-4-19(5-11-23)27(50)45-25(30(53)54)17-42-28(51)29(52)43-24-3-1-2-20(16-24)26-40-14-15-41-26/h1-11,14-16,25H,12-13,17-18H2,(H,40,41)(H,42,51)(H,43,52)(H,45,50)(H,53,54)(H2,44,46,47,48,49)/t25-/m0/s1. The third kappa shape index (κ3) is 10.2. The molecule has 0 radical (unpaired) electrons. The number of nitrogens with one attached hydrogen (secondary N) is 6. The molecule has 55 heavy (non-hydrogen) atoms. The Morgan fingerprint density at radius 1 is 0.927 bits per heavy atom. The van der Waals surface area contributed by atoms with E-state index in [0.29, 0.717) is 40.6 Å². The zero-order valence-corrected chi connectivity index (χ0v) is 29.0. The number of hydrogen-bond donors (Lipinski definition) is 7. The van der Waals surface area contributed by atoms with Crippen molar-refractivity contribution in [3.8, 4) is 17.4 Å². The van der Waals surface area contributed by atoms with E-state index in [-0.39, 0.29) is 17.5 Å². The first kappa shape index (κ1) is 38.0. The lowest BCUT2D eigenvalue weighted by atomic mass is 10.1. The fourth-order valence-electron chi connectivity index (χ4n) is 5.18. The van der Waals surface area contributed by atoms with Gasteiger partial charge in [0.25, 0.3) is 5.91 Å². The molecule has 0 spiro atoms. The summed E-state index contributed by atoms with van der Waals surface area (Å²) in [6.07, 6.45) is -0.0874. The molecule has 1 aliphatic carbocycles. The highest BCUT2D eigenvalue weighted by Crippen LogP contribution is 2.48. The Hall–Kier alpha value is -6.76. The summed E-state index contributed by atoms with van der Waals surface area (Å²) >= 11 is 6.02. The van der Waals surface area contributed by atoms with Gasteiger partial charge in [0.1, 0.15) is 11.9 Å². The number of amides is 3. The van der Waals surface area contributed by atoms with Gasteiger partial charge in [0.05, 0.1) is 5.54 Å². The van der Waals surface area contributed by atoms with Crippen molar-refractivity contribution in [3.63, 3.8) is 0 Å². The van der Waals surface area contributed by atoms with Crippen LogP contribution in [0.25, 0.3) is 11.4 Å². The molecule has 0 aliphatic heterocycles. The minimum Gasteiger partial charge on any atom is -0.480 e. The first-order chi connectivity index (χ1) is 26.2. The average Bonchev–Trinajstić information content (AvgIpc) is 3.70. The van der Waals surface area contributed by atoms with Crippen molar-refractivity contribution in [1.29, 1.82) is 0 Å². The number of carboxylic acids is 1. The topological polar surface area (TPSA) is 225 Å². The Bertz CT molecular complexity index is 2180. The average molecular weight is 779 g/mol. The summed E-state index contributed by atoms with van der Waals surface area (Å²) in [5, 5.41) is 23.1. The number of carboxylic acid groups (broad SMARTS) is 1. The summed E-state index contributed by atoms with van der Waals surface area (Å²) in [7, 11) is 0. The third-order valence-corrected chi connectivity index (χ3v) is 8.30.